The van der Waals surface area contributed by atoms with Crippen molar-refractivity contribution in [2.45, 2.75) is 40.0 Å². The van der Waals surface area contributed by atoms with Gasteiger partial charge in [-0.1, -0.05) is 117 Å². The van der Waals surface area contributed by atoms with Gasteiger partial charge in [0, 0.05) is 17.1 Å². The summed E-state index contributed by atoms with van der Waals surface area (Å²) in [7, 11) is 0. The Bertz CT molecular complexity index is 1300. The van der Waals surface area contributed by atoms with Crippen LogP contribution in [0.4, 0.5) is 17.1 Å². The molecular weight excluding hydrogens is 422 g/mol. The average Bonchev–Trinajstić information content (AvgIpc) is 2.85. The molecule has 0 aliphatic carbocycles. The van der Waals surface area contributed by atoms with E-state index in [1.54, 1.807) is 0 Å². The van der Waals surface area contributed by atoms with Gasteiger partial charge in [-0.15, -0.1) is 0 Å². The van der Waals surface area contributed by atoms with E-state index >= 15 is 0 Å². The van der Waals surface area contributed by atoms with Crippen LogP contribution in [0.5, 0.6) is 0 Å². The monoisotopic (exact) mass is 457 g/mol. The fraction of sp³-hybridized carbons (Fsp3) is 0.176. The van der Waals surface area contributed by atoms with E-state index in [9.17, 15) is 0 Å². The van der Waals surface area contributed by atoms with E-state index in [0.29, 0.717) is 0 Å². The largest absolute Gasteiger partial charge is 0.310 e. The molecule has 0 unspecified atom stereocenters. The van der Waals surface area contributed by atoms with Gasteiger partial charge in [-0.25, -0.2) is 0 Å². The smallest absolute Gasteiger partial charge is 0.0490 e. The lowest BCUT2D eigenvalue weighted by atomic mass is 9.87. The molecule has 0 saturated carbocycles. The Morgan fingerprint density at radius 2 is 1.06 bits per heavy atom. The molecule has 0 aliphatic rings. The van der Waals surface area contributed by atoms with Gasteiger partial charge in [0.05, 0.1) is 0 Å². The maximum absolute atomic E-state index is 2.32. The highest BCUT2D eigenvalue weighted by atomic mass is 15.1. The second-order valence-electron chi connectivity index (χ2n) is 10.1. The molecular formula is C34H35N. The van der Waals surface area contributed by atoms with Crippen molar-refractivity contribution >= 4 is 29.2 Å². The molecule has 0 radical (unpaired) electrons. The summed E-state index contributed by atoms with van der Waals surface area (Å²) in [5.74, 6) is 0. The van der Waals surface area contributed by atoms with Crippen LogP contribution in [0.25, 0.3) is 12.2 Å². The Hall–Kier alpha value is -3.84. The molecule has 0 heterocycles. The number of allylic oxidation sites excluding steroid dienone is 2. The Morgan fingerprint density at radius 3 is 1.57 bits per heavy atom. The van der Waals surface area contributed by atoms with Gasteiger partial charge >= 0.3 is 0 Å². The second kappa shape index (κ2) is 10.6. The van der Waals surface area contributed by atoms with Crippen LogP contribution in [0.2, 0.25) is 0 Å². The normalized spacial score (nSPS) is 11.9. The zero-order valence-electron chi connectivity index (χ0n) is 21.5. The van der Waals surface area contributed by atoms with Gasteiger partial charge < -0.3 is 4.90 Å². The van der Waals surface area contributed by atoms with E-state index in [-0.39, 0.29) is 5.41 Å². The standard InChI is InChI=1S/C34H35N/c1-26-14-22-31(23-15-26)35(33-13-9-6-10-27(33)2)32-24-18-29(19-25-32)12-8-7-11-28-16-20-30(21-17-28)34(3,4)5/h6-25H,1-5H3/b11-7+,12-8+. The molecule has 0 amide bonds. The minimum Gasteiger partial charge on any atom is -0.310 e. The highest BCUT2D eigenvalue weighted by Crippen LogP contribution is 2.36. The summed E-state index contributed by atoms with van der Waals surface area (Å²) in [5.41, 5.74) is 9.94. The number of para-hydroxylation sites is 1. The summed E-state index contributed by atoms with van der Waals surface area (Å²) in [6.07, 6.45) is 8.50. The van der Waals surface area contributed by atoms with Crippen LogP contribution < -0.4 is 4.90 Å². The molecule has 1 nitrogen and oxygen atoms in total. The third-order valence-electron chi connectivity index (χ3n) is 6.26. The fourth-order valence-corrected chi connectivity index (χ4v) is 4.10. The van der Waals surface area contributed by atoms with Gasteiger partial charge in [-0.05, 0) is 71.8 Å². The molecule has 0 aromatic heterocycles. The van der Waals surface area contributed by atoms with Crippen LogP contribution in [0.3, 0.4) is 0 Å². The third-order valence-corrected chi connectivity index (χ3v) is 6.26. The molecule has 35 heavy (non-hydrogen) atoms. The van der Waals surface area contributed by atoms with Crippen molar-refractivity contribution in [2.24, 2.45) is 0 Å². The number of hydrogen-bond donors (Lipinski definition) is 0. The van der Waals surface area contributed by atoms with Gasteiger partial charge in [-0.3, -0.25) is 0 Å². The van der Waals surface area contributed by atoms with Crippen molar-refractivity contribution in [1.82, 2.24) is 0 Å². The van der Waals surface area contributed by atoms with Crippen molar-refractivity contribution in [2.75, 3.05) is 4.90 Å². The zero-order valence-corrected chi connectivity index (χ0v) is 21.5. The van der Waals surface area contributed by atoms with Crippen molar-refractivity contribution in [3.63, 3.8) is 0 Å². The molecule has 4 aromatic carbocycles. The summed E-state index contributed by atoms with van der Waals surface area (Å²) < 4.78 is 0. The van der Waals surface area contributed by atoms with Crippen molar-refractivity contribution in [1.29, 1.82) is 0 Å². The first-order chi connectivity index (χ1) is 16.8. The third kappa shape index (κ3) is 6.19. The van der Waals surface area contributed by atoms with Crippen LogP contribution in [-0.4, -0.2) is 0 Å². The molecule has 176 valence electrons. The maximum atomic E-state index is 2.32. The Morgan fingerprint density at radius 1 is 0.571 bits per heavy atom. The molecule has 0 saturated heterocycles. The lowest BCUT2D eigenvalue weighted by Gasteiger charge is -2.27. The van der Waals surface area contributed by atoms with Gasteiger partial charge in [-0.2, -0.15) is 0 Å². The zero-order chi connectivity index (χ0) is 24.8. The van der Waals surface area contributed by atoms with E-state index in [4.69, 9.17) is 0 Å². The van der Waals surface area contributed by atoms with Crippen LogP contribution in [0.15, 0.2) is 109 Å². The molecule has 0 aliphatic heterocycles. The molecule has 4 rings (SSSR count). The summed E-state index contributed by atoms with van der Waals surface area (Å²) in [4.78, 5) is 2.32. The molecule has 4 aromatic rings. The van der Waals surface area contributed by atoms with Crippen molar-refractivity contribution in [3.05, 3.63) is 137 Å². The van der Waals surface area contributed by atoms with E-state index in [1.165, 1.54) is 33.5 Å². The van der Waals surface area contributed by atoms with Crippen LogP contribution >= 0.6 is 0 Å². The number of anilines is 3. The molecule has 0 bridgehead atoms. The predicted molar refractivity (Wildman–Crippen MR) is 154 cm³/mol. The Labute approximate surface area is 211 Å². The SMILES string of the molecule is Cc1ccc(N(c2ccc(/C=C/C=C/c3ccc(C(C)(C)C)cc3)cc2)c2ccccc2C)cc1. The number of benzene rings is 4. The molecule has 0 fully saturated rings. The second-order valence-corrected chi connectivity index (χ2v) is 10.1. The topological polar surface area (TPSA) is 3.24 Å². The quantitative estimate of drug-likeness (QED) is 0.260. The summed E-state index contributed by atoms with van der Waals surface area (Å²) in [6, 6.07) is 34.8. The van der Waals surface area contributed by atoms with E-state index < -0.39 is 0 Å². The number of nitrogens with zero attached hydrogens (tertiary/aromatic N) is 1. The fourth-order valence-electron chi connectivity index (χ4n) is 4.10. The van der Waals surface area contributed by atoms with Gasteiger partial charge in [0.2, 0.25) is 0 Å². The van der Waals surface area contributed by atoms with Gasteiger partial charge in [0.15, 0.2) is 0 Å². The number of aryl methyl sites for hydroxylation is 2. The first kappa shape index (κ1) is 24.3. The van der Waals surface area contributed by atoms with Crippen molar-refractivity contribution < 1.29 is 0 Å². The van der Waals surface area contributed by atoms with Crippen LogP contribution in [0.1, 0.15) is 48.6 Å². The van der Waals surface area contributed by atoms with Crippen LogP contribution in [-0.2, 0) is 5.41 Å². The minimum atomic E-state index is 0.183. The number of rotatable bonds is 6. The summed E-state index contributed by atoms with van der Waals surface area (Å²) in [5, 5.41) is 0. The number of hydrogen-bond acceptors (Lipinski definition) is 1. The van der Waals surface area contributed by atoms with E-state index in [0.717, 1.165) is 11.4 Å². The average molecular weight is 458 g/mol. The first-order valence-corrected chi connectivity index (χ1v) is 12.3. The lowest BCUT2D eigenvalue weighted by molar-refractivity contribution is 0.590. The lowest BCUT2D eigenvalue weighted by Crippen LogP contribution is -2.11. The molecule has 0 spiro atoms. The van der Waals surface area contributed by atoms with Gasteiger partial charge in [0.1, 0.15) is 0 Å². The Kier molecular flexibility index (Phi) is 7.36. The maximum Gasteiger partial charge on any atom is 0.0490 e. The first-order valence-electron chi connectivity index (χ1n) is 12.3. The van der Waals surface area contributed by atoms with Gasteiger partial charge in [0.25, 0.3) is 0 Å². The predicted octanol–water partition coefficient (Wildman–Crippen LogP) is 9.80. The Balaban J connectivity index is 1.52. The highest BCUT2D eigenvalue weighted by Gasteiger charge is 2.14. The molecule has 1 heteroatoms. The summed E-state index contributed by atoms with van der Waals surface area (Å²) >= 11 is 0. The van der Waals surface area contributed by atoms with Crippen LogP contribution in [0, 0.1) is 13.8 Å². The summed E-state index contributed by atoms with van der Waals surface area (Å²) in [6.45, 7) is 11.0. The van der Waals surface area contributed by atoms with Crippen molar-refractivity contribution in [3.8, 4) is 0 Å². The van der Waals surface area contributed by atoms with E-state index in [1.807, 2.05) is 0 Å². The molecule has 0 atom stereocenters. The van der Waals surface area contributed by atoms with E-state index in [2.05, 4.69) is 161 Å². The highest BCUT2D eigenvalue weighted by molar-refractivity contribution is 5.78. The molecule has 0 N–H and O–H groups in total. The minimum absolute atomic E-state index is 0.183.